The molecule has 1 unspecified atom stereocenters. The third-order valence-corrected chi connectivity index (χ3v) is 3.68. The van der Waals surface area contributed by atoms with E-state index < -0.39 is 0 Å². The van der Waals surface area contributed by atoms with Crippen LogP contribution in [-0.4, -0.2) is 49.5 Å². The lowest BCUT2D eigenvalue weighted by atomic mass is 10.0. The zero-order valence-electron chi connectivity index (χ0n) is 10.6. The second-order valence-electron chi connectivity index (χ2n) is 4.99. The van der Waals surface area contributed by atoms with Gasteiger partial charge >= 0.3 is 0 Å². The van der Waals surface area contributed by atoms with Gasteiger partial charge in [0.15, 0.2) is 0 Å². The van der Waals surface area contributed by atoms with Crippen LogP contribution in [-0.2, 0) is 11.2 Å². The number of hydrogen-bond acceptors (Lipinski definition) is 6. The Morgan fingerprint density at radius 3 is 3.00 bits per heavy atom. The molecule has 0 radical (unpaired) electrons. The van der Waals surface area contributed by atoms with Crippen molar-refractivity contribution >= 4 is 5.95 Å². The van der Waals surface area contributed by atoms with Crippen LogP contribution >= 0.6 is 0 Å². The van der Waals surface area contributed by atoms with E-state index in [1.165, 1.54) is 6.42 Å². The highest BCUT2D eigenvalue weighted by atomic mass is 16.5. The fourth-order valence-corrected chi connectivity index (χ4v) is 2.53. The summed E-state index contributed by atoms with van der Waals surface area (Å²) in [7, 11) is 0. The van der Waals surface area contributed by atoms with Crippen LogP contribution in [0.4, 0.5) is 5.95 Å². The van der Waals surface area contributed by atoms with Crippen LogP contribution in [0, 0.1) is 5.92 Å². The molecule has 18 heavy (non-hydrogen) atoms. The minimum Gasteiger partial charge on any atom is -0.378 e. The topological polar surface area (TPSA) is 63.4 Å². The van der Waals surface area contributed by atoms with Crippen molar-refractivity contribution < 1.29 is 9.26 Å². The zero-order valence-corrected chi connectivity index (χ0v) is 10.6. The van der Waals surface area contributed by atoms with Gasteiger partial charge in [-0.3, -0.25) is 0 Å². The van der Waals surface area contributed by atoms with Gasteiger partial charge in [0.05, 0.1) is 13.2 Å². The van der Waals surface area contributed by atoms with Crippen molar-refractivity contribution in [3.8, 4) is 0 Å². The number of morpholine rings is 1. The maximum Gasteiger partial charge on any atom is 0.266 e. The number of anilines is 1. The van der Waals surface area contributed by atoms with Gasteiger partial charge in [-0.1, -0.05) is 0 Å². The summed E-state index contributed by atoms with van der Waals surface area (Å²) in [4.78, 5) is 6.59. The standard InChI is InChI=1S/C12H20N4O2/c1(10-3-4-13-9-10)2-11-14-12(15-18-11)16-5-7-17-8-6-16/h10,13H,1-9H2. The van der Waals surface area contributed by atoms with E-state index in [-0.39, 0.29) is 0 Å². The lowest BCUT2D eigenvalue weighted by Gasteiger charge is -2.24. The van der Waals surface area contributed by atoms with Crippen LogP contribution in [0.3, 0.4) is 0 Å². The monoisotopic (exact) mass is 252 g/mol. The Balaban J connectivity index is 1.52. The molecule has 2 aliphatic heterocycles. The summed E-state index contributed by atoms with van der Waals surface area (Å²) >= 11 is 0. The van der Waals surface area contributed by atoms with Crippen LogP contribution in [0.15, 0.2) is 4.52 Å². The molecule has 0 spiro atoms. The Hall–Kier alpha value is -1.14. The molecule has 3 rings (SSSR count). The summed E-state index contributed by atoms with van der Waals surface area (Å²) in [5.41, 5.74) is 0. The molecular formula is C12H20N4O2. The Morgan fingerprint density at radius 1 is 1.33 bits per heavy atom. The van der Waals surface area contributed by atoms with E-state index in [4.69, 9.17) is 9.26 Å². The van der Waals surface area contributed by atoms with Crippen LogP contribution in [0.25, 0.3) is 0 Å². The molecule has 0 aliphatic carbocycles. The number of rotatable bonds is 4. The van der Waals surface area contributed by atoms with Crippen LogP contribution < -0.4 is 10.2 Å². The average molecular weight is 252 g/mol. The molecule has 6 heteroatoms. The maximum atomic E-state index is 5.31. The van der Waals surface area contributed by atoms with Gasteiger partial charge in [-0.2, -0.15) is 4.98 Å². The van der Waals surface area contributed by atoms with E-state index in [1.54, 1.807) is 0 Å². The van der Waals surface area contributed by atoms with Crippen LogP contribution in [0.1, 0.15) is 18.7 Å². The molecule has 0 bridgehead atoms. The Morgan fingerprint density at radius 2 is 2.22 bits per heavy atom. The summed E-state index contributed by atoms with van der Waals surface area (Å²) in [6.45, 7) is 5.48. The minimum atomic E-state index is 0.720. The first kappa shape index (κ1) is 11.9. The summed E-state index contributed by atoms with van der Waals surface area (Å²) < 4.78 is 10.6. The number of nitrogens with zero attached hydrogens (tertiary/aromatic N) is 3. The SMILES string of the molecule is C1CC(CCc2nc(N3CCOCC3)no2)CN1. The van der Waals surface area contributed by atoms with Gasteiger partial charge in [-0.25, -0.2) is 0 Å². The predicted octanol–water partition coefficient (Wildman–Crippen LogP) is 0.448. The molecular weight excluding hydrogens is 232 g/mol. The van der Waals surface area contributed by atoms with E-state index in [1.807, 2.05) is 0 Å². The van der Waals surface area contributed by atoms with Crippen molar-refractivity contribution in [1.82, 2.24) is 15.5 Å². The highest BCUT2D eigenvalue weighted by Gasteiger charge is 2.19. The Bertz CT molecular complexity index is 370. The number of hydrogen-bond donors (Lipinski definition) is 1. The van der Waals surface area contributed by atoms with Gasteiger partial charge in [0.25, 0.3) is 5.95 Å². The third kappa shape index (κ3) is 2.81. The summed E-state index contributed by atoms with van der Waals surface area (Å²) in [5, 5.41) is 7.43. The fourth-order valence-electron chi connectivity index (χ4n) is 2.53. The zero-order chi connectivity index (χ0) is 12.2. The van der Waals surface area contributed by atoms with Crippen molar-refractivity contribution in [3.05, 3.63) is 5.89 Å². The van der Waals surface area contributed by atoms with Crippen molar-refractivity contribution in [2.45, 2.75) is 19.3 Å². The molecule has 0 saturated carbocycles. The van der Waals surface area contributed by atoms with Crippen LogP contribution in [0.5, 0.6) is 0 Å². The number of aromatic nitrogens is 2. The van der Waals surface area contributed by atoms with Crippen molar-refractivity contribution in [3.63, 3.8) is 0 Å². The maximum absolute atomic E-state index is 5.31. The van der Waals surface area contributed by atoms with E-state index in [0.29, 0.717) is 0 Å². The van der Waals surface area contributed by atoms with E-state index in [0.717, 1.165) is 70.0 Å². The number of ether oxygens (including phenoxy) is 1. The van der Waals surface area contributed by atoms with Gasteiger partial charge in [0, 0.05) is 19.5 Å². The van der Waals surface area contributed by atoms with Gasteiger partial charge in [-0.05, 0) is 37.0 Å². The molecule has 0 amide bonds. The molecule has 6 nitrogen and oxygen atoms in total. The summed E-state index contributed by atoms with van der Waals surface area (Å²) in [6.07, 6.45) is 3.30. The van der Waals surface area contributed by atoms with Gasteiger partial charge in [-0.15, -0.1) is 0 Å². The summed E-state index contributed by atoms with van der Waals surface area (Å²) in [5.74, 6) is 2.25. The van der Waals surface area contributed by atoms with E-state index in [9.17, 15) is 0 Å². The molecule has 100 valence electrons. The highest BCUT2D eigenvalue weighted by molar-refractivity contribution is 5.27. The third-order valence-electron chi connectivity index (χ3n) is 3.68. The molecule has 2 aliphatic rings. The predicted molar refractivity (Wildman–Crippen MR) is 66.6 cm³/mol. The smallest absolute Gasteiger partial charge is 0.266 e. The molecule has 2 saturated heterocycles. The van der Waals surface area contributed by atoms with Crippen LogP contribution in [0.2, 0.25) is 0 Å². The van der Waals surface area contributed by atoms with Gasteiger partial charge in [0.2, 0.25) is 5.89 Å². The second-order valence-corrected chi connectivity index (χ2v) is 4.99. The molecule has 3 heterocycles. The second kappa shape index (κ2) is 5.67. The lowest BCUT2D eigenvalue weighted by molar-refractivity contribution is 0.121. The number of aryl methyl sites for hydroxylation is 1. The average Bonchev–Trinajstić information content (AvgIpc) is 3.09. The molecule has 0 aromatic carbocycles. The molecule has 1 N–H and O–H groups in total. The first-order valence-corrected chi connectivity index (χ1v) is 6.78. The Labute approximate surface area is 107 Å². The number of nitrogens with one attached hydrogen (secondary N) is 1. The molecule has 2 fully saturated rings. The van der Waals surface area contributed by atoms with Gasteiger partial charge in [0.1, 0.15) is 0 Å². The quantitative estimate of drug-likeness (QED) is 0.839. The molecule has 1 atom stereocenters. The summed E-state index contributed by atoms with van der Waals surface area (Å²) in [6, 6.07) is 0. The molecule has 1 aromatic rings. The van der Waals surface area contributed by atoms with Crippen molar-refractivity contribution in [2.24, 2.45) is 5.92 Å². The normalized spacial score (nSPS) is 24.7. The Kier molecular flexibility index (Phi) is 3.75. The van der Waals surface area contributed by atoms with Gasteiger partial charge < -0.3 is 19.5 Å². The minimum absolute atomic E-state index is 0.720. The van der Waals surface area contributed by atoms with Crippen molar-refractivity contribution in [2.75, 3.05) is 44.3 Å². The largest absolute Gasteiger partial charge is 0.378 e. The lowest BCUT2D eigenvalue weighted by Crippen LogP contribution is -2.36. The van der Waals surface area contributed by atoms with Crippen molar-refractivity contribution in [1.29, 1.82) is 0 Å². The van der Waals surface area contributed by atoms with E-state index in [2.05, 4.69) is 20.4 Å². The first-order valence-electron chi connectivity index (χ1n) is 6.78. The highest BCUT2D eigenvalue weighted by Crippen LogP contribution is 2.17. The first-order chi connectivity index (χ1) is 8.92. The fraction of sp³-hybridized carbons (Fsp3) is 0.833. The molecule has 1 aromatic heterocycles. The van der Waals surface area contributed by atoms with E-state index >= 15 is 0 Å².